The number of carbonyl (C=O) groups excluding carboxylic acids is 1. The number of amides is 1. The van der Waals surface area contributed by atoms with Crippen molar-refractivity contribution in [2.75, 3.05) is 13.3 Å². The monoisotopic (exact) mass is 336 g/mol. The van der Waals surface area contributed by atoms with E-state index in [0.717, 1.165) is 12.8 Å². The Hall–Kier alpha value is -1.40. The quantitative estimate of drug-likeness (QED) is 0.913. The van der Waals surface area contributed by atoms with Gasteiger partial charge in [0.2, 0.25) is 0 Å². The van der Waals surface area contributed by atoms with Crippen molar-refractivity contribution >= 4 is 15.7 Å². The van der Waals surface area contributed by atoms with E-state index in [1.165, 1.54) is 25.2 Å². The molecule has 126 valence electrons. The molecule has 23 heavy (non-hydrogen) atoms. The molecule has 6 heteroatoms. The van der Waals surface area contributed by atoms with E-state index in [4.69, 9.17) is 0 Å². The smallest absolute Gasteiger partial charge is 0.253 e. The summed E-state index contributed by atoms with van der Waals surface area (Å²) in [6, 6.07) is 6.20. The van der Waals surface area contributed by atoms with Crippen molar-refractivity contribution in [3.05, 3.63) is 29.3 Å². The topological polar surface area (TPSA) is 66.5 Å². The second-order valence-corrected chi connectivity index (χ2v) is 8.92. The van der Waals surface area contributed by atoms with Crippen molar-refractivity contribution in [3.63, 3.8) is 0 Å². The standard InChI is InChI=1S/C17H24N2O3S/c1-11-4-5-12(8-16(11)23(3,21)22)17(20)19(2)15-9-13-6-7-14(10-15)18-13/h4-5,8,13-15,18H,6-7,9-10H2,1-3H3. The summed E-state index contributed by atoms with van der Waals surface area (Å²) in [5.74, 6) is -0.0961. The third-order valence-corrected chi connectivity index (χ3v) is 6.39. The Bertz CT molecular complexity index is 717. The van der Waals surface area contributed by atoms with Gasteiger partial charge in [0.25, 0.3) is 5.91 Å². The first-order valence-electron chi connectivity index (χ1n) is 8.09. The molecule has 2 fully saturated rings. The Morgan fingerprint density at radius 2 is 1.83 bits per heavy atom. The fourth-order valence-electron chi connectivity index (χ4n) is 3.85. The van der Waals surface area contributed by atoms with Gasteiger partial charge in [0.1, 0.15) is 0 Å². The Morgan fingerprint density at radius 3 is 2.39 bits per heavy atom. The van der Waals surface area contributed by atoms with Crippen molar-refractivity contribution in [2.24, 2.45) is 0 Å². The first-order chi connectivity index (χ1) is 10.8. The normalized spacial score (nSPS) is 27.0. The van der Waals surface area contributed by atoms with E-state index in [9.17, 15) is 13.2 Å². The number of hydrogen-bond donors (Lipinski definition) is 1. The minimum Gasteiger partial charge on any atom is -0.339 e. The predicted molar refractivity (Wildman–Crippen MR) is 89.4 cm³/mol. The van der Waals surface area contributed by atoms with Gasteiger partial charge in [0.15, 0.2) is 9.84 Å². The number of carbonyl (C=O) groups is 1. The lowest BCUT2D eigenvalue weighted by Crippen LogP contribution is -2.48. The van der Waals surface area contributed by atoms with Crippen molar-refractivity contribution < 1.29 is 13.2 Å². The van der Waals surface area contributed by atoms with Crippen LogP contribution in [0.25, 0.3) is 0 Å². The van der Waals surface area contributed by atoms with E-state index in [1.807, 2.05) is 7.05 Å². The molecule has 2 atom stereocenters. The fraction of sp³-hybridized carbons (Fsp3) is 0.588. The predicted octanol–water partition coefficient (Wildman–Crippen LogP) is 1.75. The van der Waals surface area contributed by atoms with Gasteiger partial charge in [-0.1, -0.05) is 6.07 Å². The van der Waals surface area contributed by atoms with Crippen LogP contribution < -0.4 is 5.32 Å². The van der Waals surface area contributed by atoms with E-state index in [2.05, 4.69) is 5.32 Å². The van der Waals surface area contributed by atoms with Crippen LogP contribution >= 0.6 is 0 Å². The average Bonchev–Trinajstić information content (AvgIpc) is 2.83. The molecular weight excluding hydrogens is 312 g/mol. The lowest BCUT2D eigenvalue weighted by atomic mass is 9.98. The summed E-state index contributed by atoms with van der Waals surface area (Å²) in [4.78, 5) is 14.8. The molecule has 2 unspecified atom stereocenters. The number of fused-ring (bicyclic) bond motifs is 2. The minimum atomic E-state index is -3.33. The minimum absolute atomic E-state index is 0.0961. The number of benzene rings is 1. The molecule has 2 bridgehead atoms. The van der Waals surface area contributed by atoms with Gasteiger partial charge >= 0.3 is 0 Å². The van der Waals surface area contributed by atoms with Crippen LogP contribution in [0.15, 0.2) is 23.1 Å². The van der Waals surface area contributed by atoms with Gasteiger partial charge in [0.05, 0.1) is 4.90 Å². The van der Waals surface area contributed by atoms with Crippen LogP contribution in [0.1, 0.15) is 41.6 Å². The van der Waals surface area contributed by atoms with E-state index in [0.29, 0.717) is 23.2 Å². The number of hydrogen-bond acceptors (Lipinski definition) is 4. The molecule has 1 amide bonds. The second kappa shape index (κ2) is 5.91. The second-order valence-electron chi connectivity index (χ2n) is 6.93. The molecule has 0 aromatic heterocycles. The first kappa shape index (κ1) is 16.5. The summed E-state index contributed by atoms with van der Waals surface area (Å²) in [5, 5.41) is 3.57. The van der Waals surface area contributed by atoms with E-state index in [1.54, 1.807) is 24.0 Å². The highest BCUT2D eigenvalue weighted by atomic mass is 32.2. The molecule has 2 saturated heterocycles. The van der Waals surface area contributed by atoms with Gasteiger partial charge in [-0.05, 0) is 50.3 Å². The summed E-state index contributed by atoms with van der Waals surface area (Å²) < 4.78 is 23.7. The van der Waals surface area contributed by atoms with Crippen LogP contribution in [0.2, 0.25) is 0 Å². The van der Waals surface area contributed by atoms with Crippen LogP contribution in [-0.2, 0) is 9.84 Å². The molecule has 1 N–H and O–H groups in total. The van der Waals surface area contributed by atoms with Gasteiger partial charge in [-0.15, -0.1) is 0 Å². The van der Waals surface area contributed by atoms with Crippen LogP contribution in [0.5, 0.6) is 0 Å². The maximum Gasteiger partial charge on any atom is 0.253 e. The molecule has 2 heterocycles. The summed E-state index contributed by atoms with van der Waals surface area (Å²) in [7, 11) is -1.50. The van der Waals surface area contributed by atoms with Gasteiger partial charge in [-0.3, -0.25) is 4.79 Å². The third kappa shape index (κ3) is 3.28. The number of aryl methyl sites for hydroxylation is 1. The maximum atomic E-state index is 12.8. The van der Waals surface area contributed by atoms with E-state index in [-0.39, 0.29) is 16.8 Å². The number of nitrogens with zero attached hydrogens (tertiary/aromatic N) is 1. The van der Waals surface area contributed by atoms with Crippen LogP contribution in [0.3, 0.4) is 0 Å². The number of rotatable bonds is 3. The molecule has 3 rings (SSSR count). The van der Waals surface area contributed by atoms with Crippen LogP contribution in [0, 0.1) is 6.92 Å². The Labute approximate surface area is 138 Å². The summed E-state index contributed by atoms with van der Waals surface area (Å²) in [6.07, 6.45) is 5.50. The molecule has 2 aliphatic heterocycles. The van der Waals surface area contributed by atoms with Crippen LogP contribution in [-0.4, -0.2) is 50.7 Å². The van der Waals surface area contributed by atoms with Crippen LogP contribution in [0.4, 0.5) is 0 Å². The van der Waals surface area contributed by atoms with Gasteiger partial charge in [-0.25, -0.2) is 8.42 Å². The summed E-state index contributed by atoms with van der Waals surface area (Å²) in [5.41, 5.74) is 1.12. The third-order valence-electron chi connectivity index (χ3n) is 5.15. The highest BCUT2D eigenvalue weighted by molar-refractivity contribution is 7.90. The highest BCUT2D eigenvalue weighted by Crippen LogP contribution is 2.30. The number of piperidine rings is 1. The maximum absolute atomic E-state index is 12.8. The zero-order chi connectivity index (χ0) is 16.8. The summed E-state index contributed by atoms with van der Waals surface area (Å²) >= 11 is 0. The molecule has 0 aliphatic carbocycles. The molecule has 2 aliphatic rings. The Balaban J connectivity index is 1.83. The van der Waals surface area contributed by atoms with E-state index < -0.39 is 9.84 Å². The van der Waals surface area contributed by atoms with Crippen molar-refractivity contribution in [3.8, 4) is 0 Å². The van der Waals surface area contributed by atoms with Gasteiger partial charge in [0, 0.05) is 37.0 Å². The molecule has 1 aromatic rings. The molecule has 0 saturated carbocycles. The molecular formula is C17H24N2O3S. The largest absolute Gasteiger partial charge is 0.339 e. The molecule has 1 aromatic carbocycles. The number of sulfone groups is 1. The SMILES string of the molecule is Cc1ccc(C(=O)N(C)C2CC3CCC(C2)N3)cc1S(C)(=O)=O. The molecule has 5 nitrogen and oxygen atoms in total. The van der Waals surface area contributed by atoms with Crippen molar-refractivity contribution in [1.29, 1.82) is 0 Å². The zero-order valence-corrected chi connectivity index (χ0v) is 14.7. The molecule has 0 spiro atoms. The lowest BCUT2D eigenvalue weighted by Gasteiger charge is -2.35. The molecule has 0 radical (unpaired) electrons. The number of nitrogens with one attached hydrogen (secondary N) is 1. The fourth-order valence-corrected chi connectivity index (χ4v) is 4.84. The van der Waals surface area contributed by atoms with Gasteiger partial charge < -0.3 is 10.2 Å². The zero-order valence-electron chi connectivity index (χ0n) is 13.9. The van der Waals surface area contributed by atoms with Gasteiger partial charge in [-0.2, -0.15) is 0 Å². The average molecular weight is 336 g/mol. The highest BCUT2D eigenvalue weighted by Gasteiger charge is 2.36. The first-order valence-corrected chi connectivity index (χ1v) is 9.99. The van der Waals surface area contributed by atoms with Crippen molar-refractivity contribution in [1.82, 2.24) is 10.2 Å². The Morgan fingerprint density at radius 1 is 1.22 bits per heavy atom. The van der Waals surface area contributed by atoms with E-state index >= 15 is 0 Å². The van der Waals surface area contributed by atoms with Crippen molar-refractivity contribution in [2.45, 2.75) is 55.6 Å². The lowest BCUT2D eigenvalue weighted by molar-refractivity contribution is 0.0681. The summed E-state index contributed by atoms with van der Waals surface area (Å²) in [6.45, 7) is 1.75. The Kier molecular flexibility index (Phi) is 4.23.